The smallest absolute Gasteiger partial charge is 0.319 e. The molecule has 0 saturated heterocycles. The molecule has 0 aliphatic carbocycles. The van der Waals surface area contributed by atoms with Crippen LogP contribution in [0.25, 0.3) is 0 Å². The number of carbonyl (C=O) groups excluding carboxylic acids is 1. The summed E-state index contributed by atoms with van der Waals surface area (Å²) in [6, 6.07) is 7.46. The first-order chi connectivity index (χ1) is 12.5. The van der Waals surface area contributed by atoms with Crippen molar-refractivity contribution < 1.29 is 4.79 Å². The molecular formula is C19H24N6O. The zero-order valence-corrected chi connectivity index (χ0v) is 15.2. The highest BCUT2D eigenvalue weighted by Crippen LogP contribution is 2.17. The molecule has 1 atom stereocenters. The van der Waals surface area contributed by atoms with E-state index in [0.29, 0.717) is 5.92 Å². The fourth-order valence-electron chi connectivity index (χ4n) is 2.84. The van der Waals surface area contributed by atoms with E-state index in [1.165, 1.54) is 0 Å². The number of H-pyrrole nitrogens is 1. The lowest BCUT2D eigenvalue weighted by molar-refractivity contribution is 0.249. The lowest BCUT2D eigenvalue weighted by atomic mass is 10.1. The normalized spacial score (nSPS) is 12.2. The molecule has 7 heteroatoms. The topological polar surface area (TPSA) is 87.6 Å². The van der Waals surface area contributed by atoms with Crippen molar-refractivity contribution in [2.24, 2.45) is 0 Å². The minimum atomic E-state index is -0.249. The van der Waals surface area contributed by atoms with Crippen LogP contribution in [-0.2, 0) is 6.54 Å². The second-order valence-electron chi connectivity index (χ2n) is 6.62. The molecule has 1 aromatic carbocycles. The molecular weight excluding hydrogens is 328 g/mol. The first-order valence-electron chi connectivity index (χ1n) is 8.69. The first-order valence-corrected chi connectivity index (χ1v) is 8.69. The van der Waals surface area contributed by atoms with Gasteiger partial charge >= 0.3 is 6.03 Å². The highest BCUT2D eigenvalue weighted by atomic mass is 16.2. The molecule has 2 amide bonds. The van der Waals surface area contributed by atoms with Crippen LogP contribution in [-0.4, -0.2) is 25.8 Å². The zero-order valence-electron chi connectivity index (χ0n) is 15.2. The standard InChI is InChI=1S/C19H24N6O/c1-13(2)18-20-7-8-25(18)12-15-5-4-6-17(9-15)24-19(26)23-14(3)16-10-21-22-11-16/h4-11,13-14H,12H2,1-3H3,(H,21,22)(H2,23,24,26)/t14-/m1/s1. The summed E-state index contributed by atoms with van der Waals surface area (Å²) in [6.45, 7) is 6.88. The summed E-state index contributed by atoms with van der Waals surface area (Å²) in [6.07, 6.45) is 7.27. The Kier molecular flexibility index (Phi) is 5.36. The molecule has 3 aromatic rings. The number of urea groups is 1. The van der Waals surface area contributed by atoms with Gasteiger partial charge in [0.05, 0.1) is 12.2 Å². The summed E-state index contributed by atoms with van der Waals surface area (Å²) in [5.41, 5.74) is 2.78. The molecule has 3 rings (SSSR count). The van der Waals surface area contributed by atoms with Crippen LogP contribution in [0.2, 0.25) is 0 Å². The zero-order chi connectivity index (χ0) is 18.5. The van der Waals surface area contributed by atoms with Gasteiger partial charge in [0.15, 0.2) is 0 Å². The fourth-order valence-corrected chi connectivity index (χ4v) is 2.84. The van der Waals surface area contributed by atoms with Crippen molar-refractivity contribution in [1.82, 2.24) is 25.1 Å². The van der Waals surface area contributed by atoms with Crippen LogP contribution in [0.5, 0.6) is 0 Å². The van der Waals surface area contributed by atoms with Crippen molar-refractivity contribution in [2.75, 3.05) is 5.32 Å². The van der Waals surface area contributed by atoms with Crippen LogP contribution in [0.1, 0.15) is 49.7 Å². The van der Waals surface area contributed by atoms with Gasteiger partial charge in [0, 0.05) is 42.3 Å². The van der Waals surface area contributed by atoms with E-state index >= 15 is 0 Å². The monoisotopic (exact) mass is 352 g/mol. The molecule has 3 N–H and O–H groups in total. The molecule has 0 spiro atoms. The molecule has 0 radical (unpaired) electrons. The number of rotatable bonds is 6. The van der Waals surface area contributed by atoms with Gasteiger partial charge < -0.3 is 15.2 Å². The van der Waals surface area contributed by atoms with Crippen LogP contribution < -0.4 is 10.6 Å². The maximum atomic E-state index is 12.2. The highest BCUT2D eigenvalue weighted by molar-refractivity contribution is 5.89. The Morgan fingerprint density at radius 3 is 2.88 bits per heavy atom. The minimum Gasteiger partial charge on any atom is -0.331 e. The van der Waals surface area contributed by atoms with Gasteiger partial charge in [-0.2, -0.15) is 5.10 Å². The lowest BCUT2D eigenvalue weighted by Gasteiger charge is -2.14. The van der Waals surface area contributed by atoms with E-state index in [0.717, 1.165) is 29.2 Å². The summed E-state index contributed by atoms with van der Waals surface area (Å²) >= 11 is 0. The number of imidazole rings is 1. The van der Waals surface area contributed by atoms with E-state index < -0.39 is 0 Å². The Hall–Kier alpha value is -3.09. The van der Waals surface area contributed by atoms with Gasteiger partial charge in [0.25, 0.3) is 0 Å². The van der Waals surface area contributed by atoms with Crippen LogP contribution >= 0.6 is 0 Å². The van der Waals surface area contributed by atoms with E-state index in [4.69, 9.17) is 0 Å². The minimum absolute atomic E-state index is 0.128. The fraction of sp³-hybridized carbons (Fsp3) is 0.316. The maximum absolute atomic E-state index is 12.2. The predicted octanol–water partition coefficient (Wildman–Crippen LogP) is 3.66. The largest absolute Gasteiger partial charge is 0.331 e. The quantitative estimate of drug-likeness (QED) is 0.632. The Bertz CT molecular complexity index is 853. The third kappa shape index (κ3) is 4.30. The van der Waals surface area contributed by atoms with E-state index in [1.807, 2.05) is 43.6 Å². The van der Waals surface area contributed by atoms with Crippen LogP contribution in [0, 0.1) is 0 Å². The Labute approximate surface area is 152 Å². The van der Waals surface area contributed by atoms with E-state index in [-0.39, 0.29) is 12.1 Å². The van der Waals surface area contributed by atoms with Crippen molar-refractivity contribution in [3.05, 3.63) is 66.0 Å². The molecule has 0 saturated carbocycles. The summed E-state index contributed by atoms with van der Waals surface area (Å²) in [7, 11) is 0. The van der Waals surface area contributed by atoms with Crippen LogP contribution in [0.15, 0.2) is 49.1 Å². The van der Waals surface area contributed by atoms with Gasteiger partial charge in [-0.3, -0.25) is 5.10 Å². The third-order valence-electron chi connectivity index (χ3n) is 4.17. The average Bonchev–Trinajstić information content (AvgIpc) is 3.26. The molecule has 0 bridgehead atoms. The molecule has 0 unspecified atom stereocenters. The molecule has 2 heterocycles. The van der Waals surface area contributed by atoms with Crippen molar-refractivity contribution in [3.63, 3.8) is 0 Å². The number of nitrogens with zero attached hydrogens (tertiary/aromatic N) is 3. The molecule has 0 fully saturated rings. The number of nitrogens with one attached hydrogen (secondary N) is 3. The Balaban J connectivity index is 1.63. The second kappa shape index (κ2) is 7.86. The summed E-state index contributed by atoms with van der Waals surface area (Å²) in [5.74, 6) is 1.41. The lowest BCUT2D eigenvalue weighted by Crippen LogP contribution is -2.31. The van der Waals surface area contributed by atoms with Crippen LogP contribution in [0.3, 0.4) is 0 Å². The number of hydrogen-bond donors (Lipinski definition) is 3. The average molecular weight is 352 g/mol. The van der Waals surface area contributed by atoms with Gasteiger partial charge in [-0.05, 0) is 24.6 Å². The first kappa shape index (κ1) is 17.7. The van der Waals surface area contributed by atoms with Crippen molar-refractivity contribution >= 4 is 11.7 Å². The van der Waals surface area contributed by atoms with Crippen molar-refractivity contribution in [2.45, 2.75) is 39.3 Å². The number of benzene rings is 1. The number of amides is 2. The van der Waals surface area contributed by atoms with Gasteiger partial charge in [0.2, 0.25) is 0 Å². The SMILES string of the molecule is CC(C)c1nccn1Cc1cccc(NC(=O)N[C@H](C)c2cn[nH]c2)c1. The Morgan fingerprint density at radius 2 is 2.15 bits per heavy atom. The highest BCUT2D eigenvalue weighted by Gasteiger charge is 2.11. The predicted molar refractivity (Wildman–Crippen MR) is 101 cm³/mol. The van der Waals surface area contributed by atoms with Crippen LogP contribution in [0.4, 0.5) is 10.5 Å². The second-order valence-corrected chi connectivity index (χ2v) is 6.62. The van der Waals surface area contributed by atoms with Gasteiger partial charge in [-0.1, -0.05) is 26.0 Å². The molecule has 0 aliphatic heterocycles. The van der Waals surface area contributed by atoms with E-state index in [2.05, 4.69) is 44.2 Å². The number of aromatic nitrogens is 4. The Morgan fingerprint density at radius 1 is 1.31 bits per heavy atom. The molecule has 26 heavy (non-hydrogen) atoms. The third-order valence-corrected chi connectivity index (χ3v) is 4.17. The van der Waals surface area contributed by atoms with Gasteiger partial charge in [0.1, 0.15) is 5.82 Å². The van der Waals surface area contributed by atoms with Gasteiger partial charge in [-0.25, -0.2) is 9.78 Å². The summed E-state index contributed by atoms with van der Waals surface area (Å²) in [5, 5.41) is 12.4. The molecule has 0 aliphatic rings. The molecule has 2 aromatic heterocycles. The molecule has 136 valence electrons. The maximum Gasteiger partial charge on any atom is 0.319 e. The summed E-state index contributed by atoms with van der Waals surface area (Å²) < 4.78 is 2.13. The van der Waals surface area contributed by atoms with Crippen molar-refractivity contribution in [3.8, 4) is 0 Å². The number of hydrogen-bond acceptors (Lipinski definition) is 3. The molecule has 7 nitrogen and oxygen atoms in total. The number of anilines is 1. The van der Waals surface area contributed by atoms with E-state index in [1.54, 1.807) is 12.4 Å². The number of carbonyl (C=O) groups is 1. The van der Waals surface area contributed by atoms with E-state index in [9.17, 15) is 4.79 Å². The van der Waals surface area contributed by atoms with Gasteiger partial charge in [-0.15, -0.1) is 0 Å². The van der Waals surface area contributed by atoms with Crippen molar-refractivity contribution in [1.29, 1.82) is 0 Å². The summed E-state index contributed by atoms with van der Waals surface area (Å²) in [4.78, 5) is 16.6. The number of aromatic amines is 1.